The Hall–Kier alpha value is -2.11. The van der Waals surface area contributed by atoms with Crippen molar-refractivity contribution in [3.05, 3.63) is 18.2 Å². The second-order valence-electron chi connectivity index (χ2n) is 6.37. The molecule has 1 heterocycles. The van der Waals surface area contributed by atoms with Gasteiger partial charge in [0.25, 0.3) is 0 Å². The van der Waals surface area contributed by atoms with Crippen LogP contribution in [0.15, 0.2) is 18.2 Å². The Morgan fingerprint density at radius 3 is 2.48 bits per heavy atom. The SMILES string of the molecule is CC1CC(C)CC(n2nnnc2-c2ccc(N)cc2N)C1. The third-order valence-corrected chi connectivity index (χ3v) is 4.31. The molecular formula is C15H22N6. The van der Waals surface area contributed by atoms with Crippen molar-refractivity contribution in [3.63, 3.8) is 0 Å². The highest BCUT2D eigenvalue weighted by atomic mass is 15.5. The van der Waals surface area contributed by atoms with Crippen molar-refractivity contribution in [2.24, 2.45) is 11.8 Å². The number of aromatic nitrogens is 4. The van der Waals surface area contributed by atoms with E-state index in [9.17, 15) is 0 Å². The normalized spacial score (nSPS) is 25.9. The molecule has 6 heteroatoms. The van der Waals surface area contributed by atoms with E-state index in [0.717, 1.165) is 24.2 Å². The van der Waals surface area contributed by atoms with Gasteiger partial charge in [0.1, 0.15) is 0 Å². The molecule has 0 radical (unpaired) electrons. The molecule has 1 aromatic heterocycles. The summed E-state index contributed by atoms with van der Waals surface area (Å²) in [7, 11) is 0. The molecule has 21 heavy (non-hydrogen) atoms. The van der Waals surface area contributed by atoms with E-state index in [2.05, 4.69) is 29.4 Å². The van der Waals surface area contributed by atoms with E-state index >= 15 is 0 Å². The van der Waals surface area contributed by atoms with Crippen molar-refractivity contribution in [3.8, 4) is 11.4 Å². The molecule has 1 aliphatic rings. The third kappa shape index (κ3) is 2.70. The summed E-state index contributed by atoms with van der Waals surface area (Å²) in [4.78, 5) is 0. The predicted molar refractivity (Wildman–Crippen MR) is 83.3 cm³/mol. The quantitative estimate of drug-likeness (QED) is 0.827. The first kappa shape index (κ1) is 13.9. The zero-order valence-corrected chi connectivity index (χ0v) is 12.5. The molecule has 6 nitrogen and oxygen atoms in total. The van der Waals surface area contributed by atoms with Gasteiger partial charge in [-0.15, -0.1) is 5.10 Å². The number of nitrogen functional groups attached to an aromatic ring is 2. The minimum Gasteiger partial charge on any atom is -0.399 e. The molecule has 3 rings (SSSR count). The Morgan fingerprint density at radius 1 is 1.10 bits per heavy atom. The van der Waals surface area contributed by atoms with Crippen molar-refractivity contribution in [1.82, 2.24) is 20.2 Å². The van der Waals surface area contributed by atoms with E-state index in [0.29, 0.717) is 29.3 Å². The lowest BCUT2D eigenvalue weighted by Gasteiger charge is -2.31. The molecule has 1 aromatic carbocycles. The Morgan fingerprint density at radius 2 is 1.81 bits per heavy atom. The summed E-state index contributed by atoms with van der Waals surface area (Å²) < 4.78 is 1.94. The third-order valence-electron chi connectivity index (χ3n) is 4.31. The highest BCUT2D eigenvalue weighted by molar-refractivity contribution is 5.74. The van der Waals surface area contributed by atoms with Crippen LogP contribution >= 0.6 is 0 Å². The van der Waals surface area contributed by atoms with E-state index in [1.807, 2.05) is 16.8 Å². The van der Waals surface area contributed by atoms with Gasteiger partial charge >= 0.3 is 0 Å². The van der Waals surface area contributed by atoms with Crippen molar-refractivity contribution in [2.45, 2.75) is 39.2 Å². The second kappa shape index (κ2) is 5.35. The van der Waals surface area contributed by atoms with Crippen LogP contribution in [0.4, 0.5) is 11.4 Å². The minimum absolute atomic E-state index is 0.339. The molecule has 2 aromatic rings. The van der Waals surface area contributed by atoms with E-state index in [-0.39, 0.29) is 0 Å². The van der Waals surface area contributed by atoms with Crippen LogP contribution in [0.1, 0.15) is 39.2 Å². The zero-order chi connectivity index (χ0) is 15.0. The fourth-order valence-electron chi connectivity index (χ4n) is 3.51. The highest BCUT2D eigenvalue weighted by Crippen LogP contribution is 2.37. The van der Waals surface area contributed by atoms with Crippen LogP contribution in [0.25, 0.3) is 11.4 Å². The fraction of sp³-hybridized carbons (Fsp3) is 0.533. The fourth-order valence-corrected chi connectivity index (χ4v) is 3.51. The van der Waals surface area contributed by atoms with Gasteiger partial charge in [0.15, 0.2) is 5.82 Å². The van der Waals surface area contributed by atoms with Crippen molar-refractivity contribution in [2.75, 3.05) is 11.5 Å². The Labute approximate surface area is 124 Å². The van der Waals surface area contributed by atoms with Crippen LogP contribution in [-0.4, -0.2) is 20.2 Å². The summed E-state index contributed by atoms with van der Waals surface area (Å²) >= 11 is 0. The Kier molecular flexibility index (Phi) is 3.53. The molecule has 0 aliphatic heterocycles. The lowest BCUT2D eigenvalue weighted by Crippen LogP contribution is -2.24. The van der Waals surface area contributed by atoms with E-state index in [4.69, 9.17) is 11.5 Å². The molecule has 1 fully saturated rings. The van der Waals surface area contributed by atoms with E-state index in [1.54, 1.807) is 6.07 Å². The number of anilines is 2. The minimum atomic E-state index is 0.339. The van der Waals surface area contributed by atoms with Gasteiger partial charge in [-0.1, -0.05) is 13.8 Å². The molecule has 0 spiro atoms. The number of nitrogens with two attached hydrogens (primary N) is 2. The second-order valence-corrected chi connectivity index (χ2v) is 6.37. The number of hydrogen-bond donors (Lipinski definition) is 2. The monoisotopic (exact) mass is 286 g/mol. The van der Waals surface area contributed by atoms with Crippen molar-refractivity contribution < 1.29 is 0 Å². The maximum atomic E-state index is 6.08. The molecule has 0 amide bonds. The molecular weight excluding hydrogens is 264 g/mol. The molecule has 112 valence electrons. The summed E-state index contributed by atoms with van der Waals surface area (Å²) in [6.07, 6.45) is 3.49. The Balaban J connectivity index is 1.97. The zero-order valence-electron chi connectivity index (χ0n) is 12.5. The summed E-state index contributed by atoms with van der Waals surface area (Å²) in [5, 5.41) is 12.3. The number of hydrogen-bond acceptors (Lipinski definition) is 5. The summed E-state index contributed by atoms with van der Waals surface area (Å²) in [5.41, 5.74) is 13.9. The first-order valence-electron chi connectivity index (χ1n) is 7.47. The maximum absolute atomic E-state index is 6.08. The number of nitrogens with zero attached hydrogens (tertiary/aromatic N) is 4. The van der Waals surface area contributed by atoms with Gasteiger partial charge in [-0.2, -0.15) is 0 Å². The van der Waals surface area contributed by atoms with Gasteiger partial charge in [0.05, 0.1) is 6.04 Å². The topological polar surface area (TPSA) is 95.6 Å². The van der Waals surface area contributed by atoms with Gasteiger partial charge in [-0.25, -0.2) is 4.68 Å². The number of benzene rings is 1. The molecule has 2 atom stereocenters. The number of tetrazole rings is 1. The van der Waals surface area contributed by atoms with Crippen molar-refractivity contribution >= 4 is 11.4 Å². The Bertz CT molecular complexity index is 625. The maximum Gasteiger partial charge on any atom is 0.184 e. The van der Waals surface area contributed by atoms with Gasteiger partial charge in [0, 0.05) is 16.9 Å². The molecule has 1 saturated carbocycles. The average Bonchev–Trinajstić information content (AvgIpc) is 2.86. The summed E-state index contributed by atoms with van der Waals surface area (Å²) in [5.74, 6) is 2.12. The van der Waals surface area contributed by atoms with Crippen LogP contribution in [0.5, 0.6) is 0 Å². The van der Waals surface area contributed by atoms with E-state index in [1.165, 1.54) is 6.42 Å². The van der Waals surface area contributed by atoms with Crippen LogP contribution in [0.3, 0.4) is 0 Å². The van der Waals surface area contributed by atoms with Gasteiger partial charge in [-0.05, 0) is 59.7 Å². The summed E-state index contributed by atoms with van der Waals surface area (Å²) in [6, 6.07) is 5.81. The molecule has 1 aliphatic carbocycles. The standard InChI is InChI=1S/C15H22N6/c1-9-5-10(2)7-12(6-9)21-15(18-19-20-21)13-4-3-11(16)8-14(13)17/h3-4,8-10,12H,5-7,16-17H2,1-2H3. The van der Waals surface area contributed by atoms with E-state index < -0.39 is 0 Å². The van der Waals surface area contributed by atoms with Gasteiger partial charge in [-0.3, -0.25) is 0 Å². The molecule has 4 N–H and O–H groups in total. The molecule has 0 bridgehead atoms. The first-order chi connectivity index (χ1) is 10.0. The first-order valence-corrected chi connectivity index (χ1v) is 7.47. The number of rotatable bonds is 2. The lowest BCUT2D eigenvalue weighted by atomic mass is 9.80. The van der Waals surface area contributed by atoms with Crippen LogP contribution in [0.2, 0.25) is 0 Å². The highest BCUT2D eigenvalue weighted by Gasteiger charge is 2.28. The predicted octanol–water partition coefficient (Wildman–Crippen LogP) is 2.50. The summed E-state index contributed by atoms with van der Waals surface area (Å²) in [6.45, 7) is 4.59. The average molecular weight is 286 g/mol. The van der Waals surface area contributed by atoms with Gasteiger partial charge in [0.2, 0.25) is 0 Å². The van der Waals surface area contributed by atoms with Crippen LogP contribution < -0.4 is 11.5 Å². The van der Waals surface area contributed by atoms with Gasteiger partial charge < -0.3 is 11.5 Å². The molecule has 2 unspecified atom stereocenters. The largest absolute Gasteiger partial charge is 0.399 e. The molecule has 0 saturated heterocycles. The van der Waals surface area contributed by atoms with Crippen molar-refractivity contribution in [1.29, 1.82) is 0 Å². The van der Waals surface area contributed by atoms with Crippen LogP contribution in [-0.2, 0) is 0 Å². The lowest BCUT2D eigenvalue weighted by molar-refractivity contribution is 0.209. The van der Waals surface area contributed by atoms with Crippen LogP contribution in [0, 0.1) is 11.8 Å². The smallest absolute Gasteiger partial charge is 0.184 e.